The summed E-state index contributed by atoms with van der Waals surface area (Å²) in [6.45, 7) is 0.859. The van der Waals surface area contributed by atoms with Crippen LogP contribution in [-0.4, -0.2) is 33.1 Å². The van der Waals surface area contributed by atoms with E-state index in [1.165, 1.54) is 0 Å². The van der Waals surface area contributed by atoms with E-state index in [-0.39, 0.29) is 12.5 Å². The first-order valence-electron chi connectivity index (χ1n) is 6.44. The van der Waals surface area contributed by atoms with Crippen molar-refractivity contribution < 1.29 is 9.21 Å². The molecule has 6 nitrogen and oxygen atoms in total. The predicted molar refractivity (Wildman–Crippen MR) is 81.1 cm³/mol. The molecule has 2 aromatic heterocycles. The Balaban J connectivity index is 1.62. The van der Waals surface area contributed by atoms with Crippen LogP contribution in [0.2, 0.25) is 0 Å². The summed E-state index contributed by atoms with van der Waals surface area (Å²) in [5, 5.41) is 2.87. The Morgan fingerprint density at radius 3 is 3.05 bits per heavy atom. The molecule has 3 aromatic rings. The Bertz CT molecular complexity index is 738. The topological polar surface area (TPSA) is 71.3 Å². The van der Waals surface area contributed by atoms with Crippen LogP contribution in [-0.2, 0) is 11.3 Å². The number of amides is 1. The Labute approximate surface area is 125 Å². The van der Waals surface area contributed by atoms with Gasteiger partial charge in [-0.15, -0.1) is 0 Å². The summed E-state index contributed by atoms with van der Waals surface area (Å²) < 4.78 is 13.6. The molecule has 2 heterocycles. The van der Waals surface area contributed by atoms with Crippen LogP contribution in [0.5, 0.6) is 0 Å². The first kappa shape index (κ1) is 13.7. The molecule has 1 amide bonds. The molecule has 0 bridgehead atoms. The van der Waals surface area contributed by atoms with Crippen molar-refractivity contribution in [1.29, 1.82) is 0 Å². The number of rotatable bonds is 5. The molecule has 1 N–H and O–H groups in total. The molecular formula is C14H14N4O2S. The van der Waals surface area contributed by atoms with Gasteiger partial charge >= 0.3 is 0 Å². The average Bonchev–Trinajstić information content (AvgIpc) is 3.09. The van der Waals surface area contributed by atoms with Gasteiger partial charge in [0.1, 0.15) is 16.8 Å². The number of nitrogens with one attached hydrogen (secondary N) is 1. The van der Waals surface area contributed by atoms with Gasteiger partial charge in [0.25, 0.3) is 0 Å². The number of carbonyl (C=O) groups is 1. The number of fused-ring (bicyclic) bond motifs is 1. The van der Waals surface area contributed by atoms with Crippen LogP contribution in [0.1, 0.15) is 5.76 Å². The van der Waals surface area contributed by atoms with E-state index in [0.29, 0.717) is 12.2 Å². The second-order valence-corrected chi connectivity index (χ2v) is 5.27. The van der Waals surface area contributed by atoms with Gasteiger partial charge < -0.3 is 9.73 Å². The highest BCUT2D eigenvalue weighted by Crippen LogP contribution is 2.20. The monoisotopic (exact) mass is 302 g/mol. The maximum Gasteiger partial charge on any atom is 0.238 e. The second kappa shape index (κ2) is 6.02. The summed E-state index contributed by atoms with van der Waals surface area (Å²) in [6, 6.07) is 9.27. The number of aromatic nitrogens is 2. The standard InChI is InChI=1S/C14H14N4O2S/c1-18(8-10-4-3-7-20-10)9-13(19)15-11-5-2-6-12-14(11)17-21-16-12/h2-7H,8-9H2,1H3,(H,15,19). The minimum Gasteiger partial charge on any atom is -0.468 e. The van der Waals surface area contributed by atoms with Crippen LogP contribution in [0.25, 0.3) is 11.0 Å². The van der Waals surface area contributed by atoms with Gasteiger partial charge in [0.15, 0.2) is 0 Å². The van der Waals surface area contributed by atoms with Gasteiger partial charge in [-0.1, -0.05) is 6.07 Å². The van der Waals surface area contributed by atoms with Crippen molar-refractivity contribution in [3.05, 3.63) is 42.4 Å². The first-order valence-corrected chi connectivity index (χ1v) is 7.17. The highest BCUT2D eigenvalue weighted by Gasteiger charge is 2.11. The van der Waals surface area contributed by atoms with Crippen molar-refractivity contribution in [3.8, 4) is 0 Å². The quantitative estimate of drug-likeness (QED) is 0.783. The smallest absolute Gasteiger partial charge is 0.238 e. The number of benzene rings is 1. The van der Waals surface area contributed by atoms with Gasteiger partial charge in [0.2, 0.25) is 5.91 Å². The molecule has 0 aliphatic rings. The van der Waals surface area contributed by atoms with Crippen LogP contribution in [0.3, 0.4) is 0 Å². The molecule has 108 valence electrons. The molecule has 1 aromatic carbocycles. The third kappa shape index (κ3) is 3.26. The van der Waals surface area contributed by atoms with E-state index in [9.17, 15) is 4.79 Å². The molecule has 0 aliphatic carbocycles. The minimum atomic E-state index is -0.0930. The predicted octanol–water partition coefficient (Wildman–Crippen LogP) is 2.35. The average molecular weight is 302 g/mol. The van der Waals surface area contributed by atoms with Gasteiger partial charge in [-0.3, -0.25) is 9.69 Å². The summed E-state index contributed by atoms with van der Waals surface area (Å²) in [5.74, 6) is 0.737. The van der Waals surface area contributed by atoms with E-state index in [1.54, 1.807) is 6.26 Å². The van der Waals surface area contributed by atoms with Gasteiger partial charge in [0.05, 0.1) is 36.8 Å². The molecule has 7 heteroatoms. The molecule has 0 atom stereocenters. The highest BCUT2D eigenvalue weighted by atomic mass is 32.1. The Morgan fingerprint density at radius 2 is 2.24 bits per heavy atom. The second-order valence-electron chi connectivity index (χ2n) is 4.74. The van der Waals surface area contributed by atoms with Crippen LogP contribution < -0.4 is 5.32 Å². The van der Waals surface area contributed by atoms with Crippen LogP contribution in [0.4, 0.5) is 5.69 Å². The third-order valence-corrected chi connectivity index (χ3v) is 3.52. The van der Waals surface area contributed by atoms with E-state index in [4.69, 9.17) is 4.42 Å². The number of furan rings is 1. The lowest BCUT2D eigenvalue weighted by Crippen LogP contribution is -2.29. The summed E-state index contributed by atoms with van der Waals surface area (Å²) in [5.41, 5.74) is 2.21. The fraction of sp³-hybridized carbons (Fsp3) is 0.214. The maximum absolute atomic E-state index is 12.1. The van der Waals surface area contributed by atoms with Crippen molar-refractivity contribution in [1.82, 2.24) is 13.6 Å². The number of anilines is 1. The van der Waals surface area contributed by atoms with Gasteiger partial charge in [-0.05, 0) is 31.3 Å². The summed E-state index contributed by atoms with van der Waals surface area (Å²) >= 11 is 1.14. The van der Waals surface area contributed by atoms with Gasteiger partial charge in [0, 0.05) is 0 Å². The zero-order chi connectivity index (χ0) is 14.7. The summed E-state index contributed by atoms with van der Waals surface area (Å²) in [6.07, 6.45) is 1.62. The fourth-order valence-electron chi connectivity index (χ4n) is 2.07. The molecule has 0 aliphatic heterocycles. The van der Waals surface area contributed by atoms with Crippen molar-refractivity contribution >= 4 is 34.4 Å². The van der Waals surface area contributed by atoms with E-state index < -0.39 is 0 Å². The Morgan fingerprint density at radius 1 is 1.33 bits per heavy atom. The molecule has 0 unspecified atom stereocenters. The number of carbonyl (C=O) groups excluding carboxylic acids is 1. The van der Waals surface area contributed by atoms with Gasteiger partial charge in [-0.25, -0.2) is 0 Å². The van der Waals surface area contributed by atoms with Crippen molar-refractivity contribution in [2.24, 2.45) is 0 Å². The number of likely N-dealkylation sites (N-methyl/N-ethyl adjacent to an activating group) is 1. The van der Waals surface area contributed by atoms with Crippen LogP contribution in [0, 0.1) is 0 Å². The number of hydrogen-bond acceptors (Lipinski definition) is 6. The van der Waals surface area contributed by atoms with E-state index in [2.05, 4.69) is 14.1 Å². The van der Waals surface area contributed by atoms with E-state index in [1.807, 2.05) is 42.3 Å². The molecule has 0 spiro atoms. The molecule has 0 radical (unpaired) electrons. The number of hydrogen-bond donors (Lipinski definition) is 1. The molecule has 0 saturated heterocycles. The minimum absolute atomic E-state index is 0.0930. The Kier molecular flexibility index (Phi) is 3.94. The number of nitrogens with zero attached hydrogens (tertiary/aromatic N) is 3. The maximum atomic E-state index is 12.1. The molecule has 0 fully saturated rings. The lowest BCUT2D eigenvalue weighted by Gasteiger charge is -2.14. The highest BCUT2D eigenvalue weighted by molar-refractivity contribution is 7.00. The van der Waals surface area contributed by atoms with Crippen molar-refractivity contribution in [3.63, 3.8) is 0 Å². The molecule has 0 saturated carbocycles. The SMILES string of the molecule is CN(CC(=O)Nc1cccc2nsnc12)Cc1ccco1. The summed E-state index contributed by atoms with van der Waals surface area (Å²) in [4.78, 5) is 14.0. The van der Waals surface area contributed by atoms with Crippen LogP contribution in [0.15, 0.2) is 41.0 Å². The van der Waals surface area contributed by atoms with E-state index in [0.717, 1.165) is 28.5 Å². The van der Waals surface area contributed by atoms with E-state index >= 15 is 0 Å². The fourth-order valence-corrected chi connectivity index (χ4v) is 2.62. The third-order valence-electron chi connectivity index (χ3n) is 2.98. The van der Waals surface area contributed by atoms with Crippen molar-refractivity contribution in [2.75, 3.05) is 18.9 Å². The van der Waals surface area contributed by atoms with Crippen molar-refractivity contribution in [2.45, 2.75) is 6.54 Å². The first-order chi connectivity index (χ1) is 10.2. The zero-order valence-corrected chi connectivity index (χ0v) is 12.3. The molecule has 3 rings (SSSR count). The largest absolute Gasteiger partial charge is 0.468 e. The van der Waals surface area contributed by atoms with Crippen LogP contribution >= 0.6 is 11.7 Å². The summed E-state index contributed by atoms with van der Waals surface area (Å²) in [7, 11) is 1.87. The lowest BCUT2D eigenvalue weighted by molar-refractivity contribution is -0.117. The van der Waals surface area contributed by atoms with Gasteiger partial charge in [-0.2, -0.15) is 8.75 Å². The zero-order valence-electron chi connectivity index (χ0n) is 11.4. The molecule has 21 heavy (non-hydrogen) atoms. The Hall–Kier alpha value is -2.25. The normalized spacial score (nSPS) is 11.1. The molecular weight excluding hydrogens is 288 g/mol. The lowest BCUT2D eigenvalue weighted by atomic mass is 10.2.